The number of oxime groups is 1. The van der Waals surface area contributed by atoms with E-state index >= 15 is 0 Å². The minimum atomic E-state index is 0.779. The van der Waals surface area contributed by atoms with Gasteiger partial charge in [-0.05, 0) is 12.8 Å². The van der Waals surface area contributed by atoms with Crippen molar-refractivity contribution in [2.45, 2.75) is 12.8 Å². The molecule has 2 nitrogen and oxygen atoms in total. The molecule has 1 N–H and O–H groups in total. The fourth-order valence-corrected chi connectivity index (χ4v) is 0.421. The van der Waals surface area contributed by atoms with Gasteiger partial charge in [-0.1, -0.05) is 24.8 Å². The van der Waals surface area contributed by atoms with Gasteiger partial charge in [0.05, 0.1) is 0 Å². The van der Waals surface area contributed by atoms with Gasteiger partial charge < -0.3 is 5.21 Å². The Morgan fingerprint density at radius 3 is 2.78 bits per heavy atom. The summed E-state index contributed by atoms with van der Waals surface area (Å²) in [4.78, 5) is 0. The largest absolute Gasteiger partial charge is 0.411 e. The Bertz CT molecular complexity index is 116. The third-order valence-electron chi connectivity index (χ3n) is 0.816. The molecule has 0 aromatic heterocycles. The Balaban J connectivity index is 3.08. The molecule has 0 aliphatic heterocycles. The summed E-state index contributed by atoms with van der Waals surface area (Å²) < 4.78 is 0. The van der Waals surface area contributed by atoms with E-state index in [0.29, 0.717) is 0 Å². The van der Waals surface area contributed by atoms with E-state index in [4.69, 9.17) is 5.21 Å². The number of hydrogen-bond donors (Lipinski definition) is 1. The third kappa shape index (κ3) is 6.95. The Labute approximate surface area is 55.2 Å². The Morgan fingerprint density at radius 2 is 2.22 bits per heavy atom. The van der Waals surface area contributed by atoms with Crippen LogP contribution >= 0.6 is 0 Å². The van der Waals surface area contributed by atoms with Crippen LogP contribution < -0.4 is 0 Å². The van der Waals surface area contributed by atoms with E-state index in [1.807, 2.05) is 12.2 Å². The van der Waals surface area contributed by atoms with Crippen LogP contribution in [0, 0.1) is 0 Å². The van der Waals surface area contributed by atoms with E-state index in [1.165, 1.54) is 6.21 Å². The second-order valence-corrected chi connectivity index (χ2v) is 1.54. The maximum atomic E-state index is 7.95. The Hall–Kier alpha value is -1.05. The highest BCUT2D eigenvalue weighted by atomic mass is 16.4. The summed E-state index contributed by atoms with van der Waals surface area (Å²) in [5.74, 6) is 0. The summed E-state index contributed by atoms with van der Waals surface area (Å²) in [6, 6.07) is 0. The molecular formula is C7H11NO. The minimum absolute atomic E-state index is 0.779. The fourth-order valence-electron chi connectivity index (χ4n) is 0.421. The smallest absolute Gasteiger partial charge is 0.0439 e. The van der Waals surface area contributed by atoms with E-state index in [9.17, 15) is 0 Å². The van der Waals surface area contributed by atoms with Gasteiger partial charge in [-0.25, -0.2) is 0 Å². The van der Waals surface area contributed by atoms with Crippen LogP contribution in [-0.2, 0) is 0 Å². The van der Waals surface area contributed by atoms with Crippen molar-refractivity contribution in [1.82, 2.24) is 0 Å². The summed E-state index contributed by atoms with van der Waals surface area (Å²) in [5.41, 5.74) is 0. The molecule has 2 heteroatoms. The summed E-state index contributed by atoms with van der Waals surface area (Å²) in [6.07, 6.45) is 8.69. The molecule has 0 unspecified atom stereocenters. The van der Waals surface area contributed by atoms with Gasteiger partial charge in [0.2, 0.25) is 0 Å². The molecule has 0 aliphatic rings. The summed E-state index contributed by atoms with van der Waals surface area (Å²) in [5, 5.41) is 10.8. The molecule has 0 atom stereocenters. The second kappa shape index (κ2) is 6.95. The standard InChI is InChI=1S/C7H11NO/c1-2-3-4-5-6-7-8-9/h2-4,7,9H,1,5-6H2/b4-3+,8-7+. The molecule has 0 fully saturated rings. The Morgan fingerprint density at radius 1 is 1.44 bits per heavy atom. The molecule has 0 saturated carbocycles. The first-order chi connectivity index (χ1) is 4.41. The van der Waals surface area contributed by atoms with Crippen LogP contribution in [0.15, 0.2) is 30.0 Å². The van der Waals surface area contributed by atoms with Crippen molar-refractivity contribution in [3.05, 3.63) is 24.8 Å². The molecule has 9 heavy (non-hydrogen) atoms. The van der Waals surface area contributed by atoms with Gasteiger partial charge in [-0.2, -0.15) is 0 Å². The van der Waals surface area contributed by atoms with Crippen LogP contribution in [0.4, 0.5) is 0 Å². The molecule has 50 valence electrons. The molecule has 0 heterocycles. The lowest BCUT2D eigenvalue weighted by Gasteiger charge is -1.80. The average molecular weight is 125 g/mol. The third-order valence-corrected chi connectivity index (χ3v) is 0.816. The van der Waals surface area contributed by atoms with Gasteiger partial charge in [0.15, 0.2) is 0 Å². The highest BCUT2D eigenvalue weighted by Crippen LogP contribution is 1.86. The summed E-state index contributed by atoms with van der Waals surface area (Å²) >= 11 is 0. The van der Waals surface area contributed by atoms with Crippen molar-refractivity contribution >= 4 is 6.21 Å². The zero-order chi connectivity index (χ0) is 6.95. The topological polar surface area (TPSA) is 32.6 Å². The monoisotopic (exact) mass is 125 g/mol. The molecular weight excluding hydrogens is 114 g/mol. The zero-order valence-electron chi connectivity index (χ0n) is 5.33. The first-order valence-corrected chi connectivity index (χ1v) is 2.85. The highest BCUT2D eigenvalue weighted by molar-refractivity contribution is 5.56. The van der Waals surface area contributed by atoms with Gasteiger partial charge in [0, 0.05) is 6.21 Å². The number of unbranched alkanes of at least 4 members (excludes halogenated alkanes) is 1. The lowest BCUT2D eigenvalue weighted by Crippen LogP contribution is -1.71. The molecule has 0 aromatic carbocycles. The van der Waals surface area contributed by atoms with Crippen LogP contribution in [0.5, 0.6) is 0 Å². The van der Waals surface area contributed by atoms with Crippen LogP contribution in [0.3, 0.4) is 0 Å². The second-order valence-electron chi connectivity index (χ2n) is 1.54. The first kappa shape index (κ1) is 7.95. The number of rotatable bonds is 4. The van der Waals surface area contributed by atoms with Crippen LogP contribution in [0.25, 0.3) is 0 Å². The van der Waals surface area contributed by atoms with E-state index in [2.05, 4.69) is 11.7 Å². The fraction of sp³-hybridized carbons (Fsp3) is 0.286. The van der Waals surface area contributed by atoms with Crippen molar-refractivity contribution in [2.24, 2.45) is 5.16 Å². The molecule has 0 amide bonds. The molecule has 0 bridgehead atoms. The van der Waals surface area contributed by atoms with E-state index in [1.54, 1.807) is 6.08 Å². The Kier molecular flexibility index (Phi) is 6.14. The van der Waals surface area contributed by atoms with Crippen LogP contribution in [0.2, 0.25) is 0 Å². The normalized spacial score (nSPS) is 11.1. The van der Waals surface area contributed by atoms with Crippen LogP contribution in [0.1, 0.15) is 12.8 Å². The predicted octanol–water partition coefficient (Wildman–Crippen LogP) is 1.97. The average Bonchev–Trinajstić information content (AvgIpc) is 1.89. The molecule has 0 spiro atoms. The van der Waals surface area contributed by atoms with Crippen LogP contribution in [-0.4, -0.2) is 11.4 Å². The lowest BCUT2D eigenvalue weighted by atomic mass is 10.3. The SMILES string of the molecule is C=C/C=C/CC/C=N/O. The van der Waals surface area contributed by atoms with Crippen molar-refractivity contribution < 1.29 is 5.21 Å². The van der Waals surface area contributed by atoms with Gasteiger partial charge >= 0.3 is 0 Å². The minimum Gasteiger partial charge on any atom is -0.411 e. The van der Waals surface area contributed by atoms with Gasteiger partial charge in [-0.15, -0.1) is 5.16 Å². The molecule has 0 aliphatic carbocycles. The molecule has 0 aromatic rings. The molecule has 0 radical (unpaired) electrons. The van der Waals surface area contributed by atoms with Gasteiger partial charge in [0.25, 0.3) is 0 Å². The quantitative estimate of drug-likeness (QED) is 0.201. The van der Waals surface area contributed by atoms with Crippen molar-refractivity contribution in [1.29, 1.82) is 0 Å². The maximum Gasteiger partial charge on any atom is 0.0439 e. The van der Waals surface area contributed by atoms with Crippen molar-refractivity contribution in [3.63, 3.8) is 0 Å². The highest BCUT2D eigenvalue weighted by Gasteiger charge is 1.73. The number of nitrogens with zero attached hydrogens (tertiary/aromatic N) is 1. The predicted molar refractivity (Wildman–Crippen MR) is 38.8 cm³/mol. The zero-order valence-corrected chi connectivity index (χ0v) is 5.33. The van der Waals surface area contributed by atoms with Gasteiger partial charge in [-0.3, -0.25) is 0 Å². The summed E-state index contributed by atoms with van der Waals surface area (Å²) in [7, 11) is 0. The van der Waals surface area contributed by atoms with Gasteiger partial charge in [0.1, 0.15) is 0 Å². The maximum absolute atomic E-state index is 7.95. The summed E-state index contributed by atoms with van der Waals surface area (Å²) in [6.45, 7) is 3.51. The van der Waals surface area contributed by atoms with E-state index in [0.717, 1.165) is 12.8 Å². The van der Waals surface area contributed by atoms with Crippen molar-refractivity contribution in [2.75, 3.05) is 0 Å². The van der Waals surface area contributed by atoms with Crippen molar-refractivity contribution in [3.8, 4) is 0 Å². The number of allylic oxidation sites excluding steroid dienone is 3. The number of hydrogen-bond acceptors (Lipinski definition) is 2. The van der Waals surface area contributed by atoms with E-state index < -0.39 is 0 Å². The van der Waals surface area contributed by atoms with E-state index in [-0.39, 0.29) is 0 Å². The molecule has 0 saturated heterocycles. The molecule has 0 rings (SSSR count). The first-order valence-electron chi connectivity index (χ1n) is 2.85. The lowest BCUT2D eigenvalue weighted by molar-refractivity contribution is 0.320.